The van der Waals surface area contributed by atoms with Crippen LogP contribution in [0.15, 0.2) is 34.5 Å². The van der Waals surface area contributed by atoms with Crippen LogP contribution in [0.2, 0.25) is 0 Å². The van der Waals surface area contributed by atoms with E-state index in [0.29, 0.717) is 17.7 Å². The summed E-state index contributed by atoms with van der Waals surface area (Å²) >= 11 is 0. The summed E-state index contributed by atoms with van der Waals surface area (Å²) < 4.78 is 0. The van der Waals surface area contributed by atoms with E-state index < -0.39 is 0 Å². The molecule has 1 aromatic carbocycles. The van der Waals surface area contributed by atoms with Crippen molar-refractivity contribution < 1.29 is 9.59 Å². The van der Waals surface area contributed by atoms with Crippen molar-refractivity contribution in [2.24, 2.45) is 16.1 Å². The number of carbonyl (C=O) groups excluding carboxylic acids is 2. The Morgan fingerprint density at radius 1 is 1.00 bits per heavy atom. The van der Waals surface area contributed by atoms with E-state index in [-0.39, 0.29) is 17.7 Å². The van der Waals surface area contributed by atoms with E-state index in [1.807, 2.05) is 0 Å². The monoisotopic (exact) mass is 227 g/mol. The molecule has 84 valence electrons. The maximum Gasteiger partial charge on any atom is 0.261 e. The molecule has 2 heterocycles. The normalized spacial score (nSPS) is 18.2. The Morgan fingerprint density at radius 3 is 2.06 bits per heavy atom. The summed E-state index contributed by atoms with van der Waals surface area (Å²) in [5.41, 5.74) is 0.953. The largest absolute Gasteiger partial charge is 0.273 e. The van der Waals surface area contributed by atoms with Gasteiger partial charge in [0.1, 0.15) is 0 Å². The molecule has 0 spiro atoms. The molecule has 0 aromatic heterocycles. The van der Waals surface area contributed by atoms with Crippen molar-refractivity contribution in [3.8, 4) is 0 Å². The van der Waals surface area contributed by atoms with Gasteiger partial charge in [-0.1, -0.05) is 12.1 Å². The number of fused-ring (bicyclic) bond motifs is 1. The molecular weight excluding hydrogens is 218 g/mol. The molecule has 0 N–H and O–H groups in total. The van der Waals surface area contributed by atoms with Gasteiger partial charge in [-0.25, -0.2) is 0 Å². The van der Waals surface area contributed by atoms with Crippen LogP contribution in [0, 0.1) is 5.92 Å². The zero-order valence-electron chi connectivity index (χ0n) is 8.91. The van der Waals surface area contributed by atoms with Crippen LogP contribution in [0.5, 0.6) is 0 Å². The summed E-state index contributed by atoms with van der Waals surface area (Å²) in [5, 5.41) is 7.40. The third-order valence-electron chi connectivity index (χ3n) is 2.85. The first-order valence-electron chi connectivity index (χ1n) is 5.29. The van der Waals surface area contributed by atoms with Crippen LogP contribution in [0.3, 0.4) is 0 Å². The molecule has 3 rings (SSSR count). The van der Waals surface area contributed by atoms with E-state index in [2.05, 4.69) is 10.2 Å². The lowest BCUT2D eigenvalue weighted by Gasteiger charge is -2.14. The van der Waals surface area contributed by atoms with Gasteiger partial charge >= 0.3 is 0 Å². The minimum Gasteiger partial charge on any atom is -0.273 e. The second-order valence-corrected chi connectivity index (χ2v) is 3.96. The minimum absolute atomic E-state index is 0.0720. The Labute approximate surface area is 97.5 Å². The van der Waals surface area contributed by atoms with Crippen molar-refractivity contribution in [3.05, 3.63) is 35.4 Å². The van der Waals surface area contributed by atoms with Gasteiger partial charge in [-0.15, -0.1) is 0 Å². The number of hydrogen-bond donors (Lipinski definition) is 0. The zero-order chi connectivity index (χ0) is 11.8. The van der Waals surface area contributed by atoms with Crippen molar-refractivity contribution in [2.75, 3.05) is 6.54 Å². The standard InChI is InChI=1S/C12H9N3O2/c16-11-9-3-1-2-4-10(9)12(17)15(11)7-8-5-13-14-6-8/h1-6,8H,7H2. The van der Waals surface area contributed by atoms with Gasteiger partial charge in [-0.3, -0.25) is 14.5 Å². The Kier molecular flexibility index (Phi) is 2.11. The van der Waals surface area contributed by atoms with Gasteiger partial charge in [0.25, 0.3) is 11.8 Å². The quantitative estimate of drug-likeness (QED) is 0.707. The van der Waals surface area contributed by atoms with Gasteiger partial charge in [0.2, 0.25) is 0 Å². The third kappa shape index (κ3) is 1.47. The van der Waals surface area contributed by atoms with Gasteiger partial charge in [0, 0.05) is 19.0 Å². The first-order chi connectivity index (χ1) is 8.27. The molecule has 1 aromatic rings. The number of nitrogens with zero attached hydrogens (tertiary/aromatic N) is 3. The SMILES string of the molecule is O=C1c2ccccc2C(=O)N1CC1C=NN=C1. The van der Waals surface area contributed by atoms with Crippen LogP contribution in [0.25, 0.3) is 0 Å². The lowest BCUT2D eigenvalue weighted by Crippen LogP contribution is -2.35. The van der Waals surface area contributed by atoms with Crippen LogP contribution in [0.1, 0.15) is 20.7 Å². The zero-order valence-corrected chi connectivity index (χ0v) is 8.91. The highest BCUT2D eigenvalue weighted by Gasteiger charge is 2.36. The van der Waals surface area contributed by atoms with Gasteiger partial charge in [-0.2, -0.15) is 10.2 Å². The molecule has 2 aliphatic rings. The number of benzene rings is 1. The van der Waals surface area contributed by atoms with Crippen molar-refractivity contribution in [3.63, 3.8) is 0 Å². The van der Waals surface area contributed by atoms with Crippen LogP contribution in [-0.2, 0) is 0 Å². The molecule has 0 radical (unpaired) electrons. The average molecular weight is 227 g/mol. The van der Waals surface area contributed by atoms with E-state index in [0.717, 1.165) is 0 Å². The summed E-state index contributed by atoms with van der Waals surface area (Å²) in [6.07, 6.45) is 3.26. The molecule has 0 unspecified atom stereocenters. The topological polar surface area (TPSA) is 62.1 Å². The Balaban J connectivity index is 1.90. The molecule has 17 heavy (non-hydrogen) atoms. The van der Waals surface area contributed by atoms with E-state index in [1.54, 1.807) is 36.7 Å². The molecule has 0 aliphatic carbocycles. The van der Waals surface area contributed by atoms with Crippen LogP contribution < -0.4 is 0 Å². The lowest BCUT2D eigenvalue weighted by atomic mass is 10.1. The van der Waals surface area contributed by atoms with Crippen LogP contribution in [-0.4, -0.2) is 35.7 Å². The first kappa shape index (κ1) is 9.89. The number of amides is 2. The second kappa shape index (κ2) is 3.62. The van der Waals surface area contributed by atoms with Crippen molar-refractivity contribution >= 4 is 24.2 Å². The smallest absolute Gasteiger partial charge is 0.261 e. The second-order valence-electron chi connectivity index (χ2n) is 3.96. The first-order valence-corrected chi connectivity index (χ1v) is 5.29. The molecule has 2 aliphatic heterocycles. The Bertz CT molecular complexity index is 516. The molecule has 5 nitrogen and oxygen atoms in total. The lowest BCUT2D eigenvalue weighted by molar-refractivity contribution is 0.0652. The van der Waals surface area contributed by atoms with Gasteiger partial charge < -0.3 is 0 Å². The number of carbonyl (C=O) groups is 2. The molecule has 0 bridgehead atoms. The van der Waals surface area contributed by atoms with E-state index in [4.69, 9.17) is 0 Å². The maximum atomic E-state index is 12.0. The summed E-state index contributed by atoms with van der Waals surface area (Å²) in [7, 11) is 0. The highest BCUT2D eigenvalue weighted by Crippen LogP contribution is 2.23. The Morgan fingerprint density at radius 2 is 1.53 bits per heavy atom. The predicted octanol–water partition coefficient (Wildman–Crippen LogP) is 0.969. The summed E-state index contributed by atoms with van der Waals surface area (Å²) in [6.45, 7) is 0.305. The maximum absolute atomic E-state index is 12.0. The molecule has 0 saturated carbocycles. The van der Waals surface area contributed by atoms with Gasteiger partial charge in [-0.05, 0) is 12.1 Å². The highest BCUT2D eigenvalue weighted by atomic mass is 16.2. The van der Waals surface area contributed by atoms with E-state index >= 15 is 0 Å². The van der Waals surface area contributed by atoms with Gasteiger partial charge in [0.15, 0.2) is 0 Å². The summed E-state index contributed by atoms with van der Waals surface area (Å²) in [6, 6.07) is 6.86. The highest BCUT2D eigenvalue weighted by molar-refractivity contribution is 6.21. The number of imide groups is 1. The predicted molar refractivity (Wildman–Crippen MR) is 62.3 cm³/mol. The Hall–Kier alpha value is -2.30. The molecular formula is C12H9N3O2. The van der Waals surface area contributed by atoms with Crippen molar-refractivity contribution in [1.29, 1.82) is 0 Å². The molecule has 0 fully saturated rings. The fourth-order valence-corrected chi connectivity index (χ4v) is 2.00. The average Bonchev–Trinajstić information content (AvgIpc) is 2.94. The summed E-state index contributed by atoms with van der Waals surface area (Å²) in [4.78, 5) is 25.3. The van der Waals surface area contributed by atoms with E-state index in [9.17, 15) is 9.59 Å². The van der Waals surface area contributed by atoms with Crippen LogP contribution in [0.4, 0.5) is 0 Å². The van der Waals surface area contributed by atoms with Gasteiger partial charge in [0.05, 0.1) is 17.0 Å². The molecule has 0 saturated heterocycles. The third-order valence-corrected chi connectivity index (χ3v) is 2.85. The van der Waals surface area contributed by atoms with Crippen LogP contribution >= 0.6 is 0 Å². The fourth-order valence-electron chi connectivity index (χ4n) is 2.00. The summed E-state index contributed by atoms with van der Waals surface area (Å²) in [5.74, 6) is -0.546. The molecule has 2 amide bonds. The fraction of sp³-hybridized carbons (Fsp3) is 0.167. The minimum atomic E-state index is -0.237. The molecule has 0 atom stereocenters. The van der Waals surface area contributed by atoms with Crippen molar-refractivity contribution in [1.82, 2.24) is 4.90 Å². The van der Waals surface area contributed by atoms with E-state index in [1.165, 1.54) is 4.90 Å². The van der Waals surface area contributed by atoms with Crippen molar-refractivity contribution in [2.45, 2.75) is 0 Å². The molecule has 5 heteroatoms. The number of hydrogen-bond acceptors (Lipinski definition) is 4. The number of rotatable bonds is 2.